The molecule has 4 nitrogen and oxygen atoms in total. The van der Waals surface area contributed by atoms with Gasteiger partial charge in [-0.1, -0.05) is 17.7 Å². The monoisotopic (exact) mass is 226 g/mol. The van der Waals surface area contributed by atoms with E-state index < -0.39 is 10.2 Å². The molecule has 2 rings (SSSR count). The minimum atomic E-state index is -3.29. The topological polar surface area (TPSA) is 49.4 Å². The van der Waals surface area contributed by atoms with E-state index in [0.717, 1.165) is 16.8 Å². The number of rotatable bonds is 1. The van der Waals surface area contributed by atoms with Crippen LogP contribution in [0.25, 0.3) is 0 Å². The molecule has 1 aromatic carbocycles. The molecule has 0 unspecified atom stereocenters. The summed E-state index contributed by atoms with van der Waals surface area (Å²) in [5.74, 6) is 0. The molecule has 1 saturated heterocycles. The Morgan fingerprint density at radius 1 is 1.33 bits per heavy atom. The molecule has 1 heterocycles. The maximum atomic E-state index is 11.6. The Balaban J connectivity index is 2.46. The van der Waals surface area contributed by atoms with Crippen LogP contribution in [-0.4, -0.2) is 21.5 Å². The molecule has 5 heteroatoms. The van der Waals surface area contributed by atoms with Crippen LogP contribution in [0, 0.1) is 13.8 Å². The predicted molar refractivity (Wildman–Crippen MR) is 60.2 cm³/mol. The van der Waals surface area contributed by atoms with E-state index in [1.165, 1.54) is 4.31 Å². The molecule has 0 atom stereocenters. The molecule has 0 bridgehead atoms. The molecular formula is C10H14N2O2S. The van der Waals surface area contributed by atoms with Crippen molar-refractivity contribution in [3.8, 4) is 0 Å². The standard InChI is InChI=1S/C10H14N2O2S/c1-8-3-4-10(9(2)7-8)12-6-5-11-15(12,13)14/h3-4,7,11H,5-6H2,1-2H3. The van der Waals surface area contributed by atoms with Crippen molar-refractivity contribution in [2.75, 3.05) is 17.4 Å². The van der Waals surface area contributed by atoms with Crippen molar-refractivity contribution in [3.63, 3.8) is 0 Å². The summed E-state index contributed by atoms with van der Waals surface area (Å²) in [7, 11) is -3.29. The summed E-state index contributed by atoms with van der Waals surface area (Å²) >= 11 is 0. The van der Waals surface area contributed by atoms with E-state index in [-0.39, 0.29) is 0 Å². The van der Waals surface area contributed by atoms with Gasteiger partial charge in [0.1, 0.15) is 0 Å². The highest BCUT2D eigenvalue weighted by Crippen LogP contribution is 2.24. The van der Waals surface area contributed by atoms with Crippen molar-refractivity contribution in [2.24, 2.45) is 0 Å². The minimum absolute atomic E-state index is 0.482. The fourth-order valence-electron chi connectivity index (χ4n) is 1.81. The number of benzene rings is 1. The lowest BCUT2D eigenvalue weighted by molar-refractivity contribution is 0.591. The maximum Gasteiger partial charge on any atom is 0.301 e. The van der Waals surface area contributed by atoms with Gasteiger partial charge in [-0.2, -0.15) is 13.1 Å². The first kappa shape index (κ1) is 10.4. The Morgan fingerprint density at radius 3 is 2.60 bits per heavy atom. The van der Waals surface area contributed by atoms with Crippen molar-refractivity contribution in [3.05, 3.63) is 29.3 Å². The fourth-order valence-corrected chi connectivity index (χ4v) is 3.11. The molecule has 1 N–H and O–H groups in total. The molecule has 0 radical (unpaired) electrons. The lowest BCUT2D eigenvalue weighted by Crippen LogP contribution is -2.29. The first-order valence-corrected chi connectivity index (χ1v) is 6.29. The number of hydrogen-bond donors (Lipinski definition) is 1. The second kappa shape index (κ2) is 3.50. The zero-order valence-electron chi connectivity index (χ0n) is 8.82. The number of nitrogens with zero attached hydrogens (tertiary/aromatic N) is 1. The second-order valence-electron chi connectivity index (χ2n) is 3.76. The second-order valence-corrected chi connectivity index (χ2v) is 5.44. The maximum absolute atomic E-state index is 11.6. The summed E-state index contributed by atoms with van der Waals surface area (Å²) in [5.41, 5.74) is 2.90. The zero-order valence-corrected chi connectivity index (χ0v) is 9.63. The van der Waals surface area contributed by atoms with Gasteiger partial charge in [0, 0.05) is 13.1 Å². The molecule has 1 fully saturated rings. The summed E-state index contributed by atoms with van der Waals surface area (Å²) in [6, 6.07) is 5.77. The van der Waals surface area contributed by atoms with Crippen LogP contribution in [0.15, 0.2) is 18.2 Å². The first-order chi connectivity index (χ1) is 7.00. The van der Waals surface area contributed by atoms with Gasteiger partial charge in [0.25, 0.3) is 0 Å². The SMILES string of the molecule is Cc1ccc(N2CCNS2(=O)=O)c(C)c1. The highest BCUT2D eigenvalue weighted by molar-refractivity contribution is 7.91. The molecule has 15 heavy (non-hydrogen) atoms. The van der Waals surface area contributed by atoms with Crippen LogP contribution in [0.4, 0.5) is 5.69 Å². The van der Waals surface area contributed by atoms with Gasteiger partial charge in [-0.05, 0) is 25.5 Å². The summed E-state index contributed by atoms with van der Waals surface area (Å²) in [5, 5.41) is 0. The highest BCUT2D eigenvalue weighted by atomic mass is 32.2. The first-order valence-electron chi connectivity index (χ1n) is 4.85. The lowest BCUT2D eigenvalue weighted by Gasteiger charge is -2.18. The average molecular weight is 226 g/mol. The van der Waals surface area contributed by atoms with E-state index in [0.29, 0.717) is 13.1 Å². The van der Waals surface area contributed by atoms with Crippen LogP contribution in [0.1, 0.15) is 11.1 Å². The third-order valence-corrected chi connectivity index (χ3v) is 4.04. The minimum Gasteiger partial charge on any atom is -0.256 e. The molecule has 0 spiro atoms. The Labute approximate surface area is 90.1 Å². The van der Waals surface area contributed by atoms with E-state index in [4.69, 9.17) is 0 Å². The number of aryl methyl sites for hydroxylation is 2. The van der Waals surface area contributed by atoms with E-state index >= 15 is 0 Å². The van der Waals surface area contributed by atoms with E-state index in [2.05, 4.69) is 4.72 Å². The molecule has 0 aromatic heterocycles. The molecule has 0 saturated carbocycles. The molecule has 1 aliphatic heterocycles. The quantitative estimate of drug-likeness (QED) is 0.775. The highest BCUT2D eigenvalue weighted by Gasteiger charge is 2.28. The van der Waals surface area contributed by atoms with Crippen molar-refractivity contribution in [1.82, 2.24) is 4.72 Å². The molecular weight excluding hydrogens is 212 g/mol. The van der Waals surface area contributed by atoms with Gasteiger partial charge in [0.2, 0.25) is 0 Å². The lowest BCUT2D eigenvalue weighted by atomic mass is 10.1. The van der Waals surface area contributed by atoms with Crippen molar-refractivity contribution in [1.29, 1.82) is 0 Å². The van der Waals surface area contributed by atoms with Gasteiger partial charge >= 0.3 is 10.2 Å². The average Bonchev–Trinajstić information content (AvgIpc) is 2.46. The largest absolute Gasteiger partial charge is 0.301 e. The van der Waals surface area contributed by atoms with Crippen LogP contribution < -0.4 is 9.03 Å². The van der Waals surface area contributed by atoms with Crippen molar-refractivity contribution in [2.45, 2.75) is 13.8 Å². The van der Waals surface area contributed by atoms with E-state index in [9.17, 15) is 8.42 Å². The van der Waals surface area contributed by atoms with Crippen LogP contribution >= 0.6 is 0 Å². The van der Waals surface area contributed by atoms with Crippen LogP contribution in [0.3, 0.4) is 0 Å². The summed E-state index contributed by atoms with van der Waals surface area (Å²) in [6.45, 7) is 4.91. The summed E-state index contributed by atoms with van der Waals surface area (Å²) < 4.78 is 27.1. The molecule has 0 aliphatic carbocycles. The van der Waals surface area contributed by atoms with Gasteiger partial charge in [-0.15, -0.1) is 0 Å². The molecule has 1 aromatic rings. The Morgan fingerprint density at radius 2 is 2.07 bits per heavy atom. The fraction of sp³-hybridized carbons (Fsp3) is 0.400. The Hall–Kier alpha value is -1.07. The van der Waals surface area contributed by atoms with Crippen molar-refractivity contribution < 1.29 is 8.42 Å². The molecule has 0 amide bonds. The van der Waals surface area contributed by atoms with Gasteiger partial charge in [-0.25, -0.2) is 0 Å². The Bertz CT molecular complexity index is 482. The normalized spacial score (nSPS) is 19.5. The van der Waals surface area contributed by atoms with E-state index in [1.807, 2.05) is 32.0 Å². The summed E-state index contributed by atoms with van der Waals surface area (Å²) in [4.78, 5) is 0. The van der Waals surface area contributed by atoms with E-state index in [1.54, 1.807) is 0 Å². The van der Waals surface area contributed by atoms with Crippen LogP contribution in [0.5, 0.6) is 0 Å². The zero-order chi connectivity index (χ0) is 11.1. The van der Waals surface area contributed by atoms with Crippen molar-refractivity contribution >= 4 is 15.9 Å². The van der Waals surface area contributed by atoms with Crippen LogP contribution in [-0.2, 0) is 10.2 Å². The molecule has 82 valence electrons. The number of nitrogens with one attached hydrogen (secondary N) is 1. The van der Waals surface area contributed by atoms with Gasteiger partial charge in [0.05, 0.1) is 5.69 Å². The number of hydrogen-bond acceptors (Lipinski definition) is 2. The Kier molecular flexibility index (Phi) is 2.44. The smallest absolute Gasteiger partial charge is 0.256 e. The van der Waals surface area contributed by atoms with Gasteiger partial charge < -0.3 is 0 Å². The summed E-state index contributed by atoms with van der Waals surface area (Å²) in [6.07, 6.45) is 0. The predicted octanol–water partition coefficient (Wildman–Crippen LogP) is 0.958. The third-order valence-electron chi connectivity index (χ3n) is 2.51. The van der Waals surface area contributed by atoms with Gasteiger partial charge in [0.15, 0.2) is 0 Å². The molecule has 1 aliphatic rings. The van der Waals surface area contributed by atoms with Crippen LogP contribution in [0.2, 0.25) is 0 Å². The van der Waals surface area contributed by atoms with Gasteiger partial charge in [-0.3, -0.25) is 4.31 Å². The third kappa shape index (κ3) is 1.85. The number of anilines is 1.